The van der Waals surface area contributed by atoms with Gasteiger partial charge in [-0.15, -0.1) is 0 Å². The number of benzene rings is 1. The molecule has 0 bridgehead atoms. The van der Waals surface area contributed by atoms with E-state index in [2.05, 4.69) is 45.5 Å². The lowest BCUT2D eigenvalue weighted by Crippen LogP contribution is -2.15. The van der Waals surface area contributed by atoms with Gasteiger partial charge >= 0.3 is 0 Å². The van der Waals surface area contributed by atoms with Crippen LogP contribution in [0.25, 0.3) is 4.85 Å². The second-order valence-corrected chi connectivity index (χ2v) is 5.26. The van der Waals surface area contributed by atoms with E-state index in [0.29, 0.717) is 5.92 Å². The molecule has 0 spiro atoms. The quantitative estimate of drug-likeness (QED) is 0.582. The lowest BCUT2D eigenvalue weighted by Gasteiger charge is -2.26. The molecule has 0 amide bonds. The molecular weight excluding hydrogens is 182 g/mol. The number of nitrogens with zero attached hydrogens (tertiary/aromatic N) is 1. The lowest BCUT2D eigenvalue weighted by atomic mass is 9.79. The maximum atomic E-state index is 7.23. The number of hydrogen-bond donors (Lipinski definition) is 0. The van der Waals surface area contributed by atoms with Crippen LogP contribution >= 0.6 is 0 Å². The average Bonchev–Trinajstić information content (AvgIpc) is 2.15. The molecular formula is C14H19N. The summed E-state index contributed by atoms with van der Waals surface area (Å²) in [6.07, 6.45) is 0. The Balaban J connectivity index is 3.50. The fourth-order valence-electron chi connectivity index (χ4n) is 1.95. The summed E-state index contributed by atoms with van der Waals surface area (Å²) in [5, 5.41) is 0. The van der Waals surface area contributed by atoms with Gasteiger partial charge in [-0.1, -0.05) is 58.4 Å². The van der Waals surface area contributed by atoms with Gasteiger partial charge < -0.3 is 0 Å². The van der Waals surface area contributed by atoms with Crippen LogP contribution in [-0.4, -0.2) is 0 Å². The molecule has 0 fully saturated rings. The zero-order chi connectivity index (χ0) is 11.6. The highest BCUT2D eigenvalue weighted by molar-refractivity contribution is 5.59. The van der Waals surface area contributed by atoms with Crippen molar-refractivity contribution in [2.24, 2.45) is 0 Å². The highest BCUT2D eigenvalue weighted by atomic mass is 14.7. The largest absolute Gasteiger partial charge is 0.238 e. The van der Waals surface area contributed by atoms with Crippen LogP contribution in [0.2, 0.25) is 0 Å². The van der Waals surface area contributed by atoms with Crippen LogP contribution in [-0.2, 0) is 5.41 Å². The molecule has 1 heteroatoms. The summed E-state index contributed by atoms with van der Waals surface area (Å²) in [5.41, 5.74) is 3.35. The first-order valence-corrected chi connectivity index (χ1v) is 5.38. The second-order valence-electron chi connectivity index (χ2n) is 5.26. The third-order valence-corrected chi connectivity index (χ3v) is 2.57. The van der Waals surface area contributed by atoms with E-state index in [1.54, 1.807) is 0 Å². The highest BCUT2D eigenvalue weighted by Gasteiger charge is 2.22. The Morgan fingerprint density at radius 1 is 1.20 bits per heavy atom. The van der Waals surface area contributed by atoms with Crippen LogP contribution in [0.15, 0.2) is 18.2 Å². The maximum absolute atomic E-state index is 7.23. The second kappa shape index (κ2) is 4.06. The molecule has 0 saturated carbocycles. The molecule has 80 valence electrons. The smallest absolute Gasteiger partial charge is 0.191 e. The van der Waals surface area contributed by atoms with Crippen molar-refractivity contribution in [3.63, 3.8) is 0 Å². The van der Waals surface area contributed by atoms with Gasteiger partial charge in [0.05, 0.1) is 6.57 Å². The van der Waals surface area contributed by atoms with E-state index >= 15 is 0 Å². The average molecular weight is 201 g/mol. The Bertz CT molecular complexity index is 389. The number of hydrogen-bond acceptors (Lipinski definition) is 0. The topological polar surface area (TPSA) is 4.36 Å². The van der Waals surface area contributed by atoms with E-state index in [-0.39, 0.29) is 5.41 Å². The standard InChI is InChI=1S/C14H19N/c1-10(2)11-8-7-9-12(15-6)13(11)14(3,4)5/h7-10H,1-5H3. The SMILES string of the molecule is [C-]#[N+]c1cccc(C(C)C)c1C(C)(C)C. The molecule has 0 N–H and O–H groups in total. The van der Waals surface area contributed by atoms with Gasteiger partial charge in [-0.25, -0.2) is 4.85 Å². The lowest BCUT2D eigenvalue weighted by molar-refractivity contribution is 0.580. The van der Waals surface area contributed by atoms with Gasteiger partial charge in [0.25, 0.3) is 0 Å². The van der Waals surface area contributed by atoms with Crippen LogP contribution in [0.4, 0.5) is 5.69 Å². The predicted octanol–water partition coefficient (Wildman–Crippen LogP) is 4.66. The normalized spacial score (nSPS) is 11.5. The first-order chi connectivity index (χ1) is 6.88. The van der Waals surface area contributed by atoms with Gasteiger partial charge in [0.15, 0.2) is 5.69 Å². The summed E-state index contributed by atoms with van der Waals surface area (Å²) in [6, 6.07) is 6.04. The van der Waals surface area contributed by atoms with Crippen LogP contribution < -0.4 is 0 Å². The first-order valence-electron chi connectivity index (χ1n) is 5.38. The minimum Gasteiger partial charge on any atom is -0.238 e. The molecule has 0 aliphatic rings. The fourth-order valence-corrected chi connectivity index (χ4v) is 1.95. The molecule has 0 aromatic heterocycles. The summed E-state index contributed by atoms with van der Waals surface area (Å²) in [7, 11) is 0. The highest BCUT2D eigenvalue weighted by Crippen LogP contribution is 2.37. The van der Waals surface area contributed by atoms with Gasteiger partial charge in [0, 0.05) is 0 Å². The van der Waals surface area contributed by atoms with Gasteiger partial charge in [-0.05, 0) is 16.9 Å². The maximum Gasteiger partial charge on any atom is 0.191 e. The molecule has 1 nitrogen and oxygen atoms in total. The van der Waals surface area contributed by atoms with Crippen LogP contribution in [0, 0.1) is 6.57 Å². The van der Waals surface area contributed by atoms with Crippen molar-refractivity contribution in [2.75, 3.05) is 0 Å². The van der Waals surface area contributed by atoms with E-state index in [1.807, 2.05) is 12.1 Å². The minimum atomic E-state index is 0.0424. The van der Waals surface area contributed by atoms with Gasteiger partial charge in [0.2, 0.25) is 0 Å². The van der Waals surface area contributed by atoms with Crippen LogP contribution in [0.1, 0.15) is 51.7 Å². The van der Waals surface area contributed by atoms with Crippen molar-refractivity contribution >= 4 is 5.69 Å². The van der Waals surface area contributed by atoms with Gasteiger partial charge in [-0.2, -0.15) is 0 Å². The Morgan fingerprint density at radius 3 is 2.20 bits per heavy atom. The van der Waals surface area contributed by atoms with Gasteiger partial charge in [-0.3, -0.25) is 0 Å². The minimum absolute atomic E-state index is 0.0424. The number of rotatable bonds is 1. The monoisotopic (exact) mass is 201 g/mol. The predicted molar refractivity (Wildman–Crippen MR) is 65.5 cm³/mol. The van der Waals surface area contributed by atoms with E-state index in [4.69, 9.17) is 6.57 Å². The first kappa shape index (κ1) is 11.8. The Labute approximate surface area is 93.0 Å². The summed E-state index contributed by atoms with van der Waals surface area (Å²) < 4.78 is 0. The summed E-state index contributed by atoms with van der Waals surface area (Å²) in [4.78, 5) is 3.63. The molecule has 1 aromatic carbocycles. The van der Waals surface area contributed by atoms with Crippen LogP contribution in [0.3, 0.4) is 0 Å². The summed E-state index contributed by atoms with van der Waals surface area (Å²) in [6.45, 7) is 18.1. The van der Waals surface area contributed by atoms with Crippen molar-refractivity contribution in [1.82, 2.24) is 0 Å². The van der Waals surface area contributed by atoms with Crippen LogP contribution in [0.5, 0.6) is 0 Å². The molecule has 0 aliphatic carbocycles. The van der Waals surface area contributed by atoms with Crippen molar-refractivity contribution in [2.45, 2.75) is 46.0 Å². The van der Waals surface area contributed by atoms with E-state index < -0.39 is 0 Å². The molecule has 0 atom stereocenters. The Hall–Kier alpha value is -1.29. The Kier molecular flexibility index (Phi) is 3.19. The molecule has 0 heterocycles. The van der Waals surface area contributed by atoms with Crippen molar-refractivity contribution in [3.05, 3.63) is 40.7 Å². The molecule has 0 radical (unpaired) electrons. The Morgan fingerprint density at radius 2 is 1.80 bits per heavy atom. The molecule has 0 unspecified atom stereocenters. The van der Waals surface area contributed by atoms with E-state index in [1.165, 1.54) is 11.1 Å². The summed E-state index contributed by atoms with van der Waals surface area (Å²) >= 11 is 0. The molecule has 1 aromatic rings. The van der Waals surface area contributed by atoms with E-state index in [0.717, 1.165) is 5.69 Å². The molecule has 0 saturated heterocycles. The molecule has 15 heavy (non-hydrogen) atoms. The zero-order valence-corrected chi connectivity index (χ0v) is 10.3. The third-order valence-electron chi connectivity index (χ3n) is 2.57. The molecule has 0 aliphatic heterocycles. The van der Waals surface area contributed by atoms with Crippen molar-refractivity contribution in [3.8, 4) is 0 Å². The zero-order valence-electron chi connectivity index (χ0n) is 10.3. The molecule has 1 rings (SSSR count). The van der Waals surface area contributed by atoms with Crippen molar-refractivity contribution < 1.29 is 0 Å². The van der Waals surface area contributed by atoms with E-state index in [9.17, 15) is 0 Å². The summed E-state index contributed by atoms with van der Waals surface area (Å²) in [5.74, 6) is 0.473. The fraction of sp³-hybridized carbons (Fsp3) is 0.500. The van der Waals surface area contributed by atoms with Crippen molar-refractivity contribution in [1.29, 1.82) is 0 Å². The van der Waals surface area contributed by atoms with Gasteiger partial charge in [0.1, 0.15) is 0 Å². The third kappa shape index (κ3) is 2.39.